The first kappa shape index (κ1) is 15.5. The zero-order valence-electron chi connectivity index (χ0n) is 10.2. The zero-order valence-corrected chi connectivity index (χ0v) is 10.2. The van der Waals surface area contributed by atoms with Crippen molar-refractivity contribution >= 4 is 5.78 Å². The van der Waals surface area contributed by atoms with Gasteiger partial charge >= 0.3 is 12.3 Å². The molecule has 0 saturated heterocycles. The van der Waals surface area contributed by atoms with Gasteiger partial charge in [-0.1, -0.05) is 5.16 Å². The van der Waals surface area contributed by atoms with Crippen molar-refractivity contribution in [1.29, 1.82) is 0 Å². The largest absolute Gasteiger partial charge is 0.367 e. The molecular weight excluding hydrogens is 272 g/mol. The fourth-order valence-corrected chi connectivity index (χ4v) is 1.02. The van der Waals surface area contributed by atoms with Crippen LogP contribution in [-0.4, -0.2) is 34.9 Å². The topological polar surface area (TPSA) is 65.2 Å². The Hall–Kier alpha value is -1.51. The van der Waals surface area contributed by atoms with Gasteiger partial charge in [0.25, 0.3) is 0 Å². The molecule has 19 heavy (non-hydrogen) atoms. The summed E-state index contributed by atoms with van der Waals surface area (Å²) in [6.07, 6.45) is -3.80. The molecule has 0 amide bonds. The predicted octanol–water partition coefficient (Wildman–Crippen LogP) is 2.18. The van der Waals surface area contributed by atoms with Crippen LogP contribution >= 0.6 is 0 Å². The second kappa shape index (κ2) is 6.09. The molecule has 0 aromatic carbocycles. The highest BCUT2D eigenvalue weighted by molar-refractivity contribution is 5.81. The lowest BCUT2D eigenvalue weighted by Gasteiger charge is -2.14. The third kappa shape index (κ3) is 4.27. The van der Waals surface area contributed by atoms with Crippen molar-refractivity contribution in [3.05, 3.63) is 11.7 Å². The van der Waals surface area contributed by atoms with E-state index < -0.39 is 31.5 Å². The Morgan fingerprint density at radius 3 is 2.63 bits per heavy atom. The predicted molar refractivity (Wildman–Crippen MR) is 54.0 cm³/mol. The van der Waals surface area contributed by atoms with Gasteiger partial charge in [0.05, 0.1) is 5.92 Å². The summed E-state index contributed by atoms with van der Waals surface area (Å²) in [5, 5.41) is 3.39. The van der Waals surface area contributed by atoms with E-state index in [-0.39, 0.29) is 17.5 Å². The summed E-state index contributed by atoms with van der Waals surface area (Å²) >= 11 is 0. The standard InChI is InChI=1S/C10H12F4N2O3/c1-5(6(2)17)8-15-7(16-19-8)3-18-4-10(13,14)9(11)12/h5,9H,3-4H2,1-2H3. The molecule has 0 radical (unpaired) electrons. The number of carbonyl (C=O) groups excluding carboxylic acids is 1. The molecule has 0 aliphatic rings. The molecule has 0 bridgehead atoms. The summed E-state index contributed by atoms with van der Waals surface area (Å²) in [4.78, 5) is 14.8. The van der Waals surface area contributed by atoms with Crippen LogP contribution in [0.15, 0.2) is 4.52 Å². The van der Waals surface area contributed by atoms with Crippen LogP contribution in [0.4, 0.5) is 17.6 Å². The van der Waals surface area contributed by atoms with Crippen LogP contribution < -0.4 is 0 Å². The summed E-state index contributed by atoms with van der Waals surface area (Å²) in [5.41, 5.74) is 0. The summed E-state index contributed by atoms with van der Waals surface area (Å²) < 4.78 is 57.8. The third-order valence-corrected chi connectivity index (χ3v) is 2.31. The minimum absolute atomic E-state index is 0.0201. The van der Waals surface area contributed by atoms with Crippen molar-refractivity contribution in [2.75, 3.05) is 6.61 Å². The van der Waals surface area contributed by atoms with E-state index in [2.05, 4.69) is 14.9 Å². The van der Waals surface area contributed by atoms with E-state index in [9.17, 15) is 22.4 Å². The zero-order chi connectivity index (χ0) is 14.6. The number of aromatic nitrogens is 2. The Balaban J connectivity index is 2.49. The number of hydrogen-bond donors (Lipinski definition) is 0. The first-order chi connectivity index (χ1) is 8.74. The molecule has 1 heterocycles. The van der Waals surface area contributed by atoms with E-state index in [1.165, 1.54) is 13.8 Å². The highest BCUT2D eigenvalue weighted by atomic mass is 19.3. The highest BCUT2D eigenvalue weighted by Crippen LogP contribution is 2.23. The van der Waals surface area contributed by atoms with Gasteiger partial charge in [-0.25, -0.2) is 8.78 Å². The number of carbonyl (C=O) groups is 1. The van der Waals surface area contributed by atoms with Gasteiger partial charge in [0, 0.05) is 0 Å². The Labute approximate surface area is 105 Å². The van der Waals surface area contributed by atoms with E-state index in [0.717, 1.165) is 0 Å². The van der Waals surface area contributed by atoms with Crippen LogP contribution in [0.5, 0.6) is 0 Å². The van der Waals surface area contributed by atoms with Gasteiger partial charge < -0.3 is 9.26 Å². The summed E-state index contributed by atoms with van der Waals surface area (Å²) in [7, 11) is 0. The third-order valence-electron chi connectivity index (χ3n) is 2.31. The van der Waals surface area contributed by atoms with Gasteiger partial charge in [-0.15, -0.1) is 0 Å². The molecule has 1 atom stereocenters. The molecular formula is C10H12F4N2O3. The van der Waals surface area contributed by atoms with Crippen molar-refractivity contribution in [3.8, 4) is 0 Å². The molecule has 0 saturated carbocycles. The summed E-state index contributed by atoms with van der Waals surface area (Å²) in [6.45, 7) is 0.910. The molecule has 1 aromatic rings. The quantitative estimate of drug-likeness (QED) is 0.718. The number of ether oxygens (including phenoxy) is 1. The first-order valence-electron chi connectivity index (χ1n) is 5.30. The van der Waals surface area contributed by atoms with Crippen molar-refractivity contribution in [1.82, 2.24) is 10.1 Å². The normalized spacial score (nSPS) is 13.8. The van der Waals surface area contributed by atoms with E-state index in [4.69, 9.17) is 4.52 Å². The monoisotopic (exact) mass is 284 g/mol. The number of alkyl halides is 4. The number of halogens is 4. The molecule has 0 fully saturated rings. The van der Waals surface area contributed by atoms with Crippen LogP contribution in [0.3, 0.4) is 0 Å². The van der Waals surface area contributed by atoms with Gasteiger partial charge in [-0.2, -0.15) is 13.8 Å². The Morgan fingerprint density at radius 1 is 1.47 bits per heavy atom. The lowest BCUT2D eigenvalue weighted by molar-refractivity contribution is -0.168. The smallest absolute Gasteiger partial charge is 0.330 e. The molecule has 1 unspecified atom stereocenters. The number of ketones is 1. The van der Waals surface area contributed by atoms with Crippen LogP contribution in [0.2, 0.25) is 0 Å². The van der Waals surface area contributed by atoms with E-state index in [0.29, 0.717) is 0 Å². The Kier molecular flexibility index (Phi) is 4.98. The molecule has 0 spiro atoms. The van der Waals surface area contributed by atoms with Crippen molar-refractivity contribution < 1.29 is 31.6 Å². The number of Topliss-reactive ketones (excluding diaryl/α,β-unsaturated/α-hetero) is 1. The van der Waals surface area contributed by atoms with Crippen LogP contribution in [0.25, 0.3) is 0 Å². The second-order valence-corrected chi connectivity index (χ2v) is 3.94. The van der Waals surface area contributed by atoms with Crippen LogP contribution in [0.1, 0.15) is 31.5 Å². The summed E-state index contributed by atoms with van der Waals surface area (Å²) in [5.74, 6) is -5.12. The molecule has 108 valence electrons. The van der Waals surface area contributed by atoms with Gasteiger partial charge in [0.2, 0.25) is 5.89 Å². The Morgan fingerprint density at radius 2 is 2.11 bits per heavy atom. The van der Waals surface area contributed by atoms with E-state index in [1.54, 1.807) is 0 Å². The van der Waals surface area contributed by atoms with Gasteiger partial charge in [0.1, 0.15) is 19.0 Å². The number of nitrogens with zero attached hydrogens (tertiary/aromatic N) is 2. The molecule has 0 N–H and O–H groups in total. The number of hydrogen-bond acceptors (Lipinski definition) is 5. The second-order valence-electron chi connectivity index (χ2n) is 3.94. The first-order valence-corrected chi connectivity index (χ1v) is 5.30. The van der Waals surface area contributed by atoms with Gasteiger partial charge in [-0.05, 0) is 13.8 Å². The van der Waals surface area contributed by atoms with Crippen molar-refractivity contribution in [2.24, 2.45) is 0 Å². The maximum atomic E-state index is 12.5. The van der Waals surface area contributed by atoms with Crippen molar-refractivity contribution in [2.45, 2.75) is 38.7 Å². The van der Waals surface area contributed by atoms with E-state index >= 15 is 0 Å². The van der Waals surface area contributed by atoms with Crippen LogP contribution in [-0.2, 0) is 16.1 Å². The maximum absolute atomic E-state index is 12.5. The van der Waals surface area contributed by atoms with Gasteiger partial charge in [-0.3, -0.25) is 4.79 Å². The average molecular weight is 284 g/mol. The van der Waals surface area contributed by atoms with Gasteiger partial charge in [0.15, 0.2) is 5.82 Å². The lowest BCUT2D eigenvalue weighted by atomic mass is 10.1. The molecule has 9 heteroatoms. The average Bonchev–Trinajstić information content (AvgIpc) is 2.76. The maximum Gasteiger partial charge on any atom is 0.330 e. The molecule has 0 aliphatic carbocycles. The summed E-state index contributed by atoms with van der Waals surface area (Å²) in [6, 6.07) is 0. The number of rotatable bonds is 7. The fourth-order valence-electron chi connectivity index (χ4n) is 1.02. The van der Waals surface area contributed by atoms with Crippen LogP contribution in [0, 0.1) is 0 Å². The van der Waals surface area contributed by atoms with E-state index in [1.807, 2.05) is 0 Å². The lowest BCUT2D eigenvalue weighted by Crippen LogP contribution is -2.32. The minimum atomic E-state index is -4.22. The fraction of sp³-hybridized carbons (Fsp3) is 0.700. The Bertz CT molecular complexity index is 436. The SMILES string of the molecule is CC(=O)C(C)c1nc(COCC(F)(F)C(F)F)no1. The molecule has 1 aromatic heterocycles. The molecule has 5 nitrogen and oxygen atoms in total. The molecule has 1 rings (SSSR count). The molecule has 0 aliphatic heterocycles. The van der Waals surface area contributed by atoms with Crippen molar-refractivity contribution in [3.63, 3.8) is 0 Å². The minimum Gasteiger partial charge on any atom is -0.367 e. The highest BCUT2D eigenvalue weighted by Gasteiger charge is 2.41.